The number of halogens is 2. The molecule has 1 N–H and O–H groups in total. The van der Waals surface area contributed by atoms with Gasteiger partial charge in [-0.15, -0.1) is 0 Å². The minimum Gasteiger partial charge on any atom is -0.381 e. The summed E-state index contributed by atoms with van der Waals surface area (Å²) < 4.78 is 35.1. The number of nitrogens with one attached hydrogen (secondary N) is 1. The summed E-state index contributed by atoms with van der Waals surface area (Å²) in [7, 11) is 0. The van der Waals surface area contributed by atoms with Crippen LogP contribution in [0, 0.1) is 25.5 Å². The monoisotopic (exact) mass is 466 g/mol. The molecule has 0 aliphatic carbocycles. The van der Waals surface area contributed by atoms with Gasteiger partial charge in [-0.25, -0.2) is 13.8 Å². The number of carbonyl (C=O) groups is 2. The lowest BCUT2D eigenvalue weighted by atomic mass is 10.0. The van der Waals surface area contributed by atoms with Crippen LogP contribution in [0.1, 0.15) is 45.3 Å². The van der Waals surface area contributed by atoms with Crippen molar-refractivity contribution in [3.8, 4) is 5.69 Å². The molecule has 0 radical (unpaired) electrons. The van der Waals surface area contributed by atoms with E-state index in [9.17, 15) is 18.4 Å². The van der Waals surface area contributed by atoms with Gasteiger partial charge in [-0.1, -0.05) is 0 Å². The molecule has 1 fully saturated rings. The number of ether oxygens (including phenoxy) is 1. The first-order chi connectivity index (χ1) is 16.4. The number of hydrogen-bond donors (Lipinski definition) is 1. The van der Waals surface area contributed by atoms with Gasteiger partial charge >= 0.3 is 0 Å². The lowest BCUT2D eigenvalue weighted by molar-refractivity contribution is -0.105. The van der Waals surface area contributed by atoms with Crippen LogP contribution in [0.15, 0.2) is 30.5 Å². The fourth-order valence-corrected chi connectivity index (χ4v) is 4.82. The van der Waals surface area contributed by atoms with E-state index in [4.69, 9.17) is 4.74 Å². The summed E-state index contributed by atoms with van der Waals surface area (Å²) in [4.78, 5) is 31.0. The Morgan fingerprint density at radius 1 is 1.18 bits per heavy atom. The molecule has 0 saturated carbocycles. The number of carbonyl (C=O) groups excluding carboxylic acids is 2. The van der Waals surface area contributed by atoms with E-state index in [0.717, 1.165) is 30.1 Å². The maximum absolute atomic E-state index is 13.9. The Morgan fingerprint density at radius 2 is 1.97 bits per heavy atom. The molecule has 2 amide bonds. The van der Waals surface area contributed by atoms with Crippen LogP contribution in [0.2, 0.25) is 0 Å². The normalized spacial score (nSPS) is 17.2. The van der Waals surface area contributed by atoms with E-state index in [1.54, 1.807) is 12.3 Å². The third-order valence-corrected chi connectivity index (χ3v) is 6.55. The van der Waals surface area contributed by atoms with E-state index in [0.29, 0.717) is 66.3 Å². The summed E-state index contributed by atoms with van der Waals surface area (Å²) in [5, 5.41) is 2.72. The average molecular weight is 466 g/mol. The SMILES string of the molecule is Cc1cc(-n2c(C)cnc2C2CCOC2)c(NC=O)cc1C(=O)N1CCc2cc(F)c(F)cc21. The number of aromatic nitrogens is 2. The molecule has 2 aliphatic heterocycles. The van der Waals surface area contributed by atoms with Crippen LogP contribution in [0.3, 0.4) is 0 Å². The fourth-order valence-electron chi connectivity index (χ4n) is 4.82. The van der Waals surface area contributed by atoms with Crippen LogP contribution in [0.5, 0.6) is 0 Å². The second kappa shape index (κ2) is 8.64. The highest BCUT2D eigenvalue weighted by molar-refractivity contribution is 6.09. The number of rotatable bonds is 5. The molecule has 2 aromatic carbocycles. The molecular weight excluding hydrogens is 442 g/mol. The van der Waals surface area contributed by atoms with E-state index in [2.05, 4.69) is 10.3 Å². The molecule has 9 heteroatoms. The van der Waals surface area contributed by atoms with Crippen molar-refractivity contribution in [3.63, 3.8) is 0 Å². The Labute approximate surface area is 195 Å². The first kappa shape index (κ1) is 22.2. The van der Waals surface area contributed by atoms with Crippen molar-refractivity contribution in [3.05, 3.63) is 70.3 Å². The number of anilines is 2. The Hall–Kier alpha value is -3.59. The standard InChI is InChI=1S/C25H24F2N4O3/c1-14-7-23(31-15(2)11-28-24(31)17-4-6-34-12-17)21(29-13-32)9-18(14)25(33)30-5-3-16-8-19(26)20(27)10-22(16)30/h7-11,13,17H,3-6,12H2,1-2H3,(H,29,32). The molecule has 1 saturated heterocycles. The number of fused-ring (bicyclic) bond motifs is 1. The number of amides is 2. The summed E-state index contributed by atoms with van der Waals surface area (Å²) in [6, 6.07) is 5.68. The highest BCUT2D eigenvalue weighted by Gasteiger charge is 2.30. The van der Waals surface area contributed by atoms with Gasteiger partial charge in [0.2, 0.25) is 6.41 Å². The van der Waals surface area contributed by atoms with E-state index in [-0.39, 0.29) is 11.8 Å². The van der Waals surface area contributed by atoms with Gasteiger partial charge in [-0.3, -0.25) is 14.2 Å². The minimum atomic E-state index is -0.993. The van der Waals surface area contributed by atoms with Gasteiger partial charge < -0.3 is 15.0 Å². The van der Waals surface area contributed by atoms with Crippen molar-refractivity contribution in [1.82, 2.24) is 9.55 Å². The van der Waals surface area contributed by atoms with Gasteiger partial charge in [0, 0.05) is 42.6 Å². The van der Waals surface area contributed by atoms with Crippen molar-refractivity contribution in [2.24, 2.45) is 0 Å². The predicted molar refractivity (Wildman–Crippen MR) is 123 cm³/mol. The Morgan fingerprint density at radius 3 is 2.71 bits per heavy atom. The molecule has 1 aromatic heterocycles. The molecule has 5 rings (SSSR count). The van der Waals surface area contributed by atoms with Gasteiger partial charge in [0.1, 0.15) is 5.82 Å². The molecule has 7 nitrogen and oxygen atoms in total. The highest BCUT2D eigenvalue weighted by atomic mass is 19.2. The zero-order chi connectivity index (χ0) is 24.0. The summed E-state index contributed by atoms with van der Waals surface area (Å²) in [5.74, 6) is -1.28. The number of aryl methyl sites for hydroxylation is 2. The Kier molecular flexibility index (Phi) is 5.65. The van der Waals surface area contributed by atoms with E-state index in [1.165, 1.54) is 4.90 Å². The van der Waals surface area contributed by atoms with Crippen LogP contribution < -0.4 is 10.2 Å². The van der Waals surface area contributed by atoms with Crippen molar-refractivity contribution >= 4 is 23.7 Å². The number of nitrogens with zero attached hydrogens (tertiary/aromatic N) is 3. The molecule has 3 heterocycles. The van der Waals surface area contributed by atoms with E-state index < -0.39 is 11.6 Å². The summed E-state index contributed by atoms with van der Waals surface area (Å²) in [6.07, 6.45) is 3.64. The van der Waals surface area contributed by atoms with Crippen molar-refractivity contribution in [2.45, 2.75) is 32.6 Å². The highest BCUT2D eigenvalue weighted by Crippen LogP contribution is 2.35. The van der Waals surface area contributed by atoms with Crippen molar-refractivity contribution < 1.29 is 23.1 Å². The third-order valence-electron chi connectivity index (χ3n) is 6.55. The topological polar surface area (TPSA) is 76.5 Å². The summed E-state index contributed by atoms with van der Waals surface area (Å²) >= 11 is 0. The van der Waals surface area contributed by atoms with Gasteiger partial charge in [0.05, 0.1) is 23.7 Å². The second-order valence-corrected chi connectivity index (χ2v) is 8.70. The zero-order valence-corrected chi connectivity index (χ0v) is 18.9. The van der Waals surface area contributed by atoms with Crippen LogP contribution in [0.4, 0.5) is 20.2 Å². The van der Waals surface area contributed by atoms with E-state index >= 15 is 0 Å². The van der Waals surface area contributed by atoms with Gasteiger partial charge in [0.15, 0.2) is 11.6 Å². The molecule has 176 valence electrons. The van der Waals surface area contributed by atoms with Gasteiger partial charge in [-0.2, -0.15) is 0 Å². The van der Waals surface area contributed by atoms with Crippen LogP contribution in [-0.2, 0) is 16.0 Å². The molecule has 34 heavy (non-hydrogen) atoms. The Bertz CT molecular complexity index is 1300. The molecule has 1 atom stereocenters. The number of imidazole rings is 1. The Balaban J connectivity index is 1.57. The molecule has 0 bridgehead atoms. The molecule has 3 aromatic rings. The molecule has 1 unspecified atom stereocenters. The van der Waals surface area contributed by atoms with Gasteiger partial charge in [0.25, 0.3) is 5.91 Å². The van der Waals surface area contributed by atoms with E-state index in [1.807, 2.05) is 24.5 Å². The van der Waals surface area contributed by atoms with Crippen molar-refractivity contribution in [2.75, 3.05) is 30.0 Å². The van der Waals surface area contributed by atoms with Crippen LogP contribution >= 0.6 is 0 Å². The number of hydrogen-bond acceptors (Lipinski definition) is 4. The first-order valence-corrected chi connectivity index (χ1v) is 11.2. The minimum absolute atomic E-state index is 0.135. The van der Waals surface area contributed by atoms with Crippen molar-refractivity contribution in [1.29, 1.82) is 0 Å². The lowest BCUT2D eigenvalue weighted by Gasteiger charge is -2.22. The maximum Gasteiger partial charge on any atom is 0.258 e. The average Bonchev–Trinajstić information content (AvgIpc) is 3.55. The number of benzene rings is 2. The van der Waals surface area contributed by atoms with Crippen LogP contribution in [-0.4, -0.2) is 41.6 Å². The van der Waals surface area contributed by atoms with Crippen LogP contribution in [0.25, 0.3) is 5.69 Å². The maximum atomic E-state index is 13.9. The molecule has 0 spiro atoms. The molecule has 2 aliphatic rings. The third kappa shape index (κ3) is 3.66. The second-order valence-electron chi connectivity index (χ2n) is 8.70. The predicted octanol–water partition coefficient (Wildman–Crippen LogP) is 4.04. The largest absolute Gasteiger partial charge is 0.381 e. The zero-order valence-electron chi connectivity index (χ0n) is 18.9. The summed E-state index contributed by atoms with van der Waals surface area (Å²) in [6.45, 7) is 5.31. The quantitative estimate of drug-likeness (QED) is 0.576. The first-order valence-electron chi connectivity index (χ1n) is 11.2. The fraction of sp³-hybridized carbons (Fsp3) is 0.320. The molecular formula is C25H24F2N4O3. The summed E-state index contributed by atoms with van der Waals surface area (Å²) in [5.41, 5.74) is 4.06. The smallest absolute Gasteiger partial charge is 0.258 e. The van der Waals surface area contributed by atoms with Gasteiger partial charge in [-0.05, 0) is 56.0 Å². The lowest BCUT2D eigenvalue weighted by Crippen LogP contribution is -2.30.